The molecule has 0 bridgehead atoms. The number of rotatable bonds is 4. The molecule has 0 N–H and O–H groups in total. The summed E-state index contributed by atoms with van der Waals surface area (Å²) in [5, 5.41) is -0.274. The van der Waals surface area contributed by atoms with Gasteiger partial charge in [-0.15, -0.1) is 11.6 Å². The molecular formula is C14H19ClN4O. The molecule has 2 atom stereocenters. The highest BCUT2D eigenvalue weighted by molar-refractivity contribution is 6.20. The van der Waals surface area contributed by atoms with Gasteiger partial charge < -0.3 is 9.47 Å². The Kier molecular flexibility index (Phi) is 4.28. The van der Waals surface area contributed by atoms with Crippen LogP contribution in [0.25, 0.3) is 11.0 Å². The van der Waals surface area contributed by atoms with E-state index >= 15 is 0 Å². The average Bonchev–Trinajstić information content (AvgIpc) is 2.84. The molecule has 0 radical (unpaired) electrons. The van der Waals surface area contributed by atoms with E-state index in [-0.39, 0.29) is 17.3 Å². The summed E-state index contributed by atoms with van der Waals surface area (Å²) in [6.07, 6.45) is 3.39. The Labute approximate surface area is 123 Å². The molecule has 0 spiro atoms. The molecule has 0 fully saturated rings. The van der Waals surface area contributed by atoms with Gasteiger partial charge in [0.25, 0.3) is 0 Å². The van der Waals surface area contributed by atoms with Gasteiger partial charge in [0.05, 0.1) is 17.1 Å². The molecule has 1 amide bonds. The quantitative estimate of drug-likeness (QED) is 0.815. The van der Waals surface area contributed by atoms with Gasteiger partial charge in [-0.3, -0.25) is 9.78 Å². The van der Waals surface area contributed by atoms with Crippen molar-refractivity contribution in [1.29, 1.82) is 0 Å². The Bertz CT molecular complexity index is 623. The van der Waals surface area contributed by atoms with Gasteiger partial charge in [-0.25, -0.2) is 4.98 Å². The van der Waals surface area contributed by atoms with E-state index in [9.17, 15) is 4.79 Å². The van der Waals surface area contributed by atoms with Crippen molar-refractivity contribution in [1.82, 2.24) is 19.4 Å². The summed E-state index contributed by atoms with van der Waals surface area (Å²) in [4.78, 5) is 22.7. The van der Waals surface area contributed by atoms with Crippen molar-refractivity contribution in [3.05, 3.63) is 24.3 Å². The molecule has 0 saturated carbocycles. The van der Waals surface area contributed by atoms with E-state index in [1.54, 1.807) is 24.3 Å². The number of carbonyl (C=O) groups is 1. The molecular weight excluding hydrogens is 276 g/mol. The lowest BCUT2D eigenvalue weighted by molar-refractivity contribution is -0.132. The summed E-state index contributed by atoms with van der Waals surface area (Å²) in [5.41, 5.74) is 1.64. The van der Waals surface area contributed by atoms with Crippen LogP contribution in [0.4, 0.5) is 0 Å². The standard InChI is InChI=1S/C14H19ClN4O/c1-5-18(4)14(20)10(3)19-12-6-7-16-8-11(12)17-13(19)9(2)15/h6-10H,5H2,1-4H3. The number of hydrogen-bond acceptors (Lipinski definition) is 3. The van der Waals surface area contributed by atoms with Crippen LogP contribution in [-0.4, -0.2) is 38.9 Å². The molecule has 2 unspecified atom stereocenters. The van der Waals surface area contributed by atoms with E-state index in [0.717, 1.165) is 11.0 Å². The monoisotopic (exact) mass is 294 g/mol. The average molecular weight is 295 g/mol. The molecule has 0 aliphatic rings. The third-order valence-electron chi connectivity index (χ3n) is 3.47. The Morgan fingerprint density at radius 1 is 1.50 bits per heavy atom. The van der Waals surface area contributed by atoms with Crippen LogP contribution in [0.5, 0.6) is 0 Å². The number of amides is 1. The molecule has 0 aliphatic heterocycles. The fraction of sp³-hybridized carbons (Fsp3) is 0.500. The van der Waals surface area contributed by atoms with Crippen molar-refractivity contribution < 1.29 is 4.79 Å². The van der Waals surface area contributed by atoms with Gasteiger partial charge >= 0.3 is 0 Å². The van der Waals surface area contributed by atoms with Crippen LogP contribution in [0, 0.1) is 0 Å². The summed E-state index contributed by atoms with van der Waals surface area (Å²) in [7, 11) is 1.79. The maximum absolute atomic E-state index is 12.4. The van der Waals surface area contributed by atoms with Gasteiger partial charge in [-0.2, -0.15) is 0 Å². The van der Waals surface area contributed by atoms with E-state index in [2.05, 4.69) is 9.97 Å². The topological polar surface area (TPSA) is 51.0 Å². The minimum atomic E-state index is -0.344. The van der Waals surface area contributed by atoms with Crippen molar-refractivity contribution >= 4 is 28.5 Å². The fourth-order valence-electron chi connectivity index (χ4n) is 2.24. The van der Waals surface area contributed by atoms with Gasteiger partial charge in [0.2, 0.25) is 5.91 Å². The van der Waals surface area contributed by atoms with Crippen molar-refractivity contribution in [2.45, 2.75) is 32.2 Å². The first-order valence-electron chi connectivity index (χ1n) is 6.68. The van der Waals surface area contributed by atoms with E-state index in [0.29, 0.717) is 12.4 Å². The van der Waals surface area contributed by atoms with Crippen LogP contribution in [0.3, 0.4) is 0 Å². The molecule has 6 heteroatoms. The number of pyridine rings is 1. The highest BCUT2D eigenvalue weighted by atomic mass is 35.5. The fourth-order valence-corrected chi connectivity index (χ4v) is 2.40. The maximum Gasteiger partial charge on any atom is 0.245 e. The number of fused-ring (bicyclic) bond motifs is 1. The minimum absolute atomic E-state index is 0.0437. The molecule has 2 rings (SSSR count). The number of nitrogens with zero attached hydrogens (tertiary/aromatic N) is 4. The van der Waals surface area contributed by atoms with Crippen molar-refractivity contribution in [3.8, 4) is 0 Å². The van der Waals surface area contributed by atoms with Crippen molar-refractivity contribution in [2.75, 3.05) is 13.6 Å². The largest absolute Gasteiger partial charge is 0.344 e. The van der Waals surface area contributed by atoms with Crippen LogP contribution in [0.2, 0.25) is 0 Å². The molecule has 0 saturated heterocycles. The molecule has 20 heavy (non-hydrogen) atoms. The Morgan fingerprint density at radius 2 is 2.20 bits per heavy atom. The van der Waals surface area contributed by atoms with Crippen LogP contribution < -0.4 is 0 Å². The first kappa shape index (κ1) is 14.8. The van der Waals surface area contributed by atoms with Crippen molar-refractivity contribution in [3.63, 3.8) is 0 Å². The lowest BCUT2D eigenvalue weighted by Crippen LogP contribution is -2.33. The van der Waals surface area contributed by atoms with Gasteiger partial charge in [0, 0.05) is 19.8 Å². The minimum Gasteiger partial charge on any atom is -0.344 e. The normalized spacial score (nSPS) is 14.2. The predicted molar refractivity (Wildman–Crippen MR) is 79.8 cm³/mol. The predicted octanol–water partition coefficient (Wildman–Crippen LogP) is 2.77. The van der Waals surface area contributed by atoms with E-state index in [4.69, 9.17) is 11.6 Å². The van der Waals surface area contributed by atoms with E-state index < -0.39 is 0 Å². The molecule has 2 aromatic rings. The lowest BCUT2D eigenvalue weighted by atomic mass is 10.2. The summed E-state index contributed by atoms with van der Waals surface area (Å²) in [5.74, 6) is 0.738. The number of hydrogen-bond donors (Lipinski definition) is 0. The number of alkyl halides is 1. The smallest absolute Gasteiger partial charge is 0.245 e. The summed E-state index contributed by atoms with van der Waals surface area (Å²) in [6.45, 7) is 6.35. The molecule has 5 nitrogen and oxygen atoms in total. The van der Waals surface area contributed by atoms with Gasteiger partial charge in [0.15, 0.2) is 0 Å². The lowest BCUT2D eigenvalue weighted by Gasteiger charge is -2.23. The van der Waals surface area contributed by atoms with Crippen LogP contribution in [0.15, 0.2) is 18.5 Å². The second-order valence-electron chi connectivity index (χ2n) is 4.85. The first-order valence-corrected chi connectivity index (χ1v) is 7.11. The molecule has 108 valence electrons. The van der Waals surface area contributed by atoms with Gasteiger partial charge in [-0.1, -0.05) is 0 Å². The first-order chi connectivity index (χ1) is 9.47. The number of likely N-dealkylation sites (N-methyl/N-ethyl adjacent to an activating group) is 1. The third-order valence-corrected chi connectivity index (χ3v) is 3.67. The zero-order valence-electron chi connectivity index (χ0n) is 12.2. The summed E-state index contributed by atoms with van der Waals surface area (Å²) >= 11 is 6.21. The number of imidazole rings is 1. The van der Waals surface area contributed by atoms with Crippen LogP contribution >= 0.6 is 11.6 Å². The Hall–Kier alpha value is -1.62. The molecule has 2 heterocycles. The third kappa shape index (κ3) is 2.50. The highest BCUT2D eigenvalue weighted by Crippen LogP contribution is 2.28. The van der Waals surface area contributed by atoms with Gasteiger partial charge in [-0.05, 0) is 26.8 Å². The zero-order valence-corrected chi connectivity index (χ0v) is 12.9. The molecule has 0 aromatic carbocycles. The van der Waals surface area contributed by atoms with Crippen LogP contribution in [-0.2, 0) is 4.79 Å². The Balaban J connectivity index is 2.56. The SMILES string of the molecule is CCN(C)C(=O)C(C)n1c(C(C)Cl)nc2cnccc21. The second kappa shape index (κ2) is 5.79. The maximum atomic E-state index is 12.4. The molecule has 2 aromatic heterocycles. The van der Waals surface area contributed by atoms with Crippen molar-refractivity contribution in [2.24, 2.45) is 0 Å². The Morgan fingerprint density at radius 3 is 2.80 bits per heavy atom. The number of carbonyl (C=O) groups excluding carboxylic acids is 1. The van der Waals surface area contributed by atoms with E-state index in [1.165, 1.54) is 0 Å². The van der Waals surface area contributed by atoms with E-state index in [1.807, 2.05) is 31.4 Å². The highest BCUT2D eigenvalue weighted by Gasteiger charge is 2.25. The van der Waals surface area contributed by atoms with Gasteiger partial charge in [0.1, 0.15) is 17.4 Å². The molecule has 0 aliphatic carbocycles. The number of halogens is 1. The van der Waals surface area contributed by atoms with Crippen LogP contribution in [0.1, 0.15) is 38.0 Å². The summed E-state index contributed by atoms with van der Waals surface area (Å²) < 4.78 is 1.91. The second-order valence-corrected chi connectivity index (χ2v) is 5.50. The zero-order chi connectivity index (χ0) is 14.9. The number of aromatic nitrogens is 3. The summed E-state index contributed by atoms with van der Waals surface area (Å²) in [6, 6.07) is 1.52.